The Labute approximate surface area is 149 Å². The molecule has 0 atom stereocenters. The molecule has 1 radical (unpaired) electrons. The molecule has 0 fully saturated rings. The van der Waals surface area contributed by atoms with Gasteiger partial charge in [0.1, 0.15) is 0 Å². The second-order valence-electron chi connectivity index (χ2n) is 7.68. The van der Waals surface area contributed by atoms with Gasteiger partial charge in [0.25, 0.3) is 0 Å². The van der Waals surface area contributed by atoms with Crippen molar-refractivity contribution >= 4 is 49.0 Å². The Morgan fingerprint density at radius 2 is 0.444 bits per heavy atom. The quantitative estimate of drug-likeness (QED) is 0.277. The molecule has 0 spiro atoms. The van der Waals surface area contributed by atoms with Crippen LogP contribution in [0, 0.1) is 19.6 Å². The summed E-state index contributed by atoms with van der Waals surface area (Å²) in [5.41, 5.74) is 0. The van der Waals surface area contributed by atoms with Gasteiger partial charge in [0.2, 0.25) is 0 Å². The van der Waals surface area contributed by atoms with Gasteiger partial charge in [-0.25, -0.2) is 0 Å². The molecule has 0 aromatic carbocycles. The van der Waals surface area contributed by atoms with E-state index in [1.807, 2.05) is 0 Å². The minimum atomic E-state index is -0.861. The van der Waals surface area contributed by atoms with Crippen molar-refractivity contribution in [3.63, 3.8) is 0 Å². The van der Waals surface area contributed by atoms with Gasteiger partial charge in [0, 0.05) is 22.4 Å². The molecular weight excluding hydrogens is 480 g/mol. The monoisotopic (exact) mass is 514 g/mol. The summed E-state index contributed by atoms with van der Waals surface area (Å²) in [6, 6.07) is 0. The van der Waals surface area contributed by atoms with E-state index in [4.69, 9.17) is 0 Å². The molecule has 0 bridgehead atoms. The van der Waals surface area contributed by atoms with Crippen molar-refractivity contribution < 1.29 is 22.4 Å². The average Bonchev–Trinajstić information content (AvgIpc) is 1.41. The third-order valence-corrected chi connectivity index (χ3v) is 0. The third-order valence-electron chi connectivity index (χ3n) is 0. The zero-order chi connectivity index (χ0) is 13.5. The van der Waals surface area contributed by atoms with Crippen molar-refractivity contribution in [2.75, 3.05) is 0 Å². The fraction of sp³-hybridized carbons (Fsp3) is 0.750. The molecule has 0 heterocycles. The van der Waals surface area contributed by atoms with Crippen LogP contribution >= 0.6 is 24.8 Å². The van der Waals surface area contributed by atoms with Crippen molar-refractivity contribution in [3.05, 3.63) is 19.6 Å². The predicted molar refractivity (Wildman–Crippen MR) is 101 cm³/mol. The summed E-state index contributed by atoms with van der Waals surface area (Å²) in [4.78, 5) is 0. The molecule has 0 saturated carbocycles. The molecule has 0 saturated heterocycles. The van der Waals surface area contributed by atoms with Crippen molar-refractivity contribution in [2.45, 2.75) is 58.9 Å². The largest absolute Gasteiger partial charge is 0.342 e. The van der Waals surface area contributed by atoms with Crippen LogP contribution in [0.5, 0.6) is 0 Å². The zero-order valence-electron chi connectivity index (χ0n) is 13.9. The van der Waals surface area contributed by atoms with Crippen LogP contribution in [0.25, 0.3) is 0 Å². The van der Waals surface area contributed by atoms with E-state index in [9.17, 15) is 0 Å². The maximum Gasteiger partial charge on any atom is 0 e. The van der Waals surface area contributed by atoms with Crippen molar-refractivity contribution in [3.8, 4) is 0 Å². The first-order valence-corrected chi connectivity index (χ1v) is 16.7. The van der Waals surface area contributed by atoms with E-state index < -0.39 is 24.2 Å². The summed E-state index contributed by atoms with van der Waals surface area (Å²) >= 11 is 0. The van der Waals surface area contributed by atoms with Crippen LogP contribution in [0.15, 0.2) is 0 Å². The Balaban J connectivity index is -0.0000000277. The first kappa shape index (κ1) is 36.8. The van der Waals surface area contributed by atoms with Crippen LogP contribution < -0.4 is 0 Å². The van der Waals surface area contributed by atoms with Gasteiger partial charge in [-0.05, 0) is 0 Å². The fourth-order valence-corrected chi connectivity index (χ4v) is 0. The number of rotatable bonds is 0. The van der Waals surface area contributed by atoms with Crippen LogP contribution in [-0.2, 0) is 22.4 Å². The standard InChI is InChI=1S/3C4H11Si.2ClH.Ta/c3*1-5(2,3)4;;;/h3*1H2,2-4H3;2*1H;/q3*-1;;;. The molecule has 0 aliphatic heterocycles. The van der Waals surface area contributed by atoms with Crippen LogP contribution in [-0.4, -0.2) is 24.2 Å². The Morgan fingerprint density at radius 1 is 0.444 bits per heavy atom. The van der Waals surface area contributed by atoms with Gasteiger partial charge in [-0.1, -0.05) is 58.9 Å². The maximum atomic E-state index is 3.91. The van der Waals surface area contributed by atoms with Crippen LogP contribution in [0.2, 0.25) is 58.9 Å². The Bertz CT molecular complexity index is 100. The molecular formula is C12H35Cl2Si3Ta-3. The molecule has 0 unspecified atom stereocenters. The molecule has 0 N–H and O–H groups in total. The molecule has 117 valence electrons. The second kappa shape index (κ2) is 15.4. The van der Waals surface area contributed by atoms with Gasteiger partial charge in [-0.15, -0.1) is 49.0 Å². The fourth-order valence-electron chi connectivity index (χ4n) is 0. The summed E-state index contributed by atoms with van der Waals surface area (Å²) in [6.07, 6.45) is 0. The van der Waals surface area contributed by atoms with Crippen LogP contribution in [0.1, 0.15) is 0 Å². The normalized spacial score (nSPS) is 10.0. The molecule has 6 heteroatoms. The molecule has 0 aromatic heterocycles. The first-order chi connectivity index (χ1) is 6.00. The van der Waals surface area contributed by atoms with E-state index in [2.05, 4.69) is 78.6 Å². The average molecular weight is 516 g/mol. The summed E-state index contributed by atoms with van der Waals surface area (Å²) in [7, 11) is -2.58. The first-order valence-electron chi connectivity index (χ1n) is 5.56. The molecule has 18 heavy (non-hydrogen) atoms. The van der Waals surface area contributed by atoms with E-state index in [1.165, 1.54) is 0 Å². The van der Waals surface area contributed by atoms with E-state index in [-0.39, 0.29) is 47.2 Å². The van der Waals surface area contributed by atoms with Gasteiger partial charge in [-0.3, -0.25) is 0 Å². The van der Waals surface area contributed by atoms with Gasteiger partial charge < -0.3 is 19.6 Å². The SMILES string of the molecule is Cl.Cl.[CH2-][Si](C)(C)C.[CH2-][Si](C)(C)C.[CH2-][Si](C)(C)C.[Ta]. The smallest absolute Gasteiger partial charge is 0 e. The molecule has 0 nitrogen and oxygen atoms in total. The summed E-state index contributed by atoms with van der Waals surface area (Å²) in [5, 5.41) is 0. The molecule has 0 rings (SSSR count). The van der Waals surface area contributed by atoms with Gasteiger partial charge in [0.05, 0.1) is 0 Å². The van der Waals surface area contributed by atoms with Crippen molar-refractivity contribution in [1.82, 2.24) is 0 Å². The molecule has 0 amide bonds. The number of hydrogen-bond acceptors (Lipinski definition) is 0. The van der Waals surface area contributed by atoms with Crippen molar-refractivity contribution in [2.24, 2.45) is 0 Å². The Kier molecular flexibility index (Phi) is 31.4. The Morgan fingerprint density at radius 3 is 0.444 bits per heavy atom. The minimum absolute atomic E-state index is 0. The minimum Gasteiger partial charge on any atom is -0.342 e. The van der Waals surface area contributed by atoms with Crippen LogP contribution in [0.3, 0.4) is 0 Å². The van der Waals surface area contributed by atoms with E-state index >= 15 is 0 Å². The van der Waals surface area contributed by atoms with Gasteiger partial charge >= 0.3 is 0 Å². The van der Waals surface area contributed by atoms with Gasteiger partial charge in [0.15, 0.2) is 0 Å². The number of hydrogen-bond donors (Lipinski definition) is 0. The Hall–Kier alpha value is 1.97. The van der Waals surface area contributed by atoms with E-state index in [0.717, 1.165) is 0 Å². The zero-order valence-corrected chi connectivity index (χ0v) is 21.7. The van der Waals surface area contributed by atoms with E-state index in [0.29, 0.717) is 0 Å². The molecule has 0 aliphatic rings. The van der Waals surface area contributed by atoms with Gasteiger partial charge in [-0.2, -0.15) is 0 Å². The summed E-state index contributed by atoms with van der Waals surface area (Å²) in [6.45, 7) is 31.7. The summed E-state index contributed by atoms with van der Waals surface area (Å²) in [5.74, 6) is 0. The molecule has 0 aliphatic carbocycles. The maximum absolute atomic E-state index is 3.91. The van der Waals surface area contributed by atoms with E-state index in [1.54, 1.807) is 0 Å². The molecule has 0 aromatic rings. The number of halogens is 2. The third kappa shape index (κ3) is 1330. The predicted octanol–water partition coefficient (Wildman–Crippen LogP) is 5.93. The second-order valence-corrected chi connectivity index (χ2v) is 23.0. The van der Waals surface area contributed by atoms with Crippen LogP contribution in [0.4, 0.5) is 0 Å². The topological polar surface area (TPSA) is 0 Å². The summed E-state index contributed by atoms with van der Waals surface area (Å²) < 4.78 is 0. The van der Waals surface area contributed by atoms with Crippen molar-refractivity contribution in [1.29, 1.82) is 0 Å².